The number of aromatic nitrogens is 2. The van der Waals surface area contributed by atoms with Gasteiger partial charge in [-0.2, -0.15) is 13.2 Å². The summed E-state index contributed by atoms with van der Waals surface area (Å²) in [5.41, 5.74) is 22.5. The number of benzene rings is 10. The average molecular weight is 1060 g/mol. The Balaban J connectivity index is 1.23. The van der Waals surface area contributed by atoms with E-state index >= 15 is 22.0 Å². The van der Waals surface area contributed by atoms with Crippen LogP contribution >= 0.6 is 0 Å². The first kappa shape index (κ1) is 52.2. The van der Waals surface area contributed by atoms with Crippen LogP contribution in [0, 0.1) is 94.7 Å². The Morgan fingerprint density at radius 2 is 0.512 bits per heavy atom. The Bertz CT molecular complexity index is 4020. The van der Waals surface area contributed by atoms with E-state index in [0.717, 1.165) is 139 Å². The van der Waals surface area contributed by atoms with Gasteiger partial charge >= 0.3 is 6.18 Å². The van der Waals surface area contributed by atoms with Gasteiger partial charge in [0.05, 0.1) is 33.4 Å². The fraction of sp³-hybridized carbons (Fsp3) is 0.178. The molecule has 0 bridgehead atoms. The summed E-state index contributed by atoms with van der Waals surface area (Å²) in [5, 5.41) is 3.05. The minimum Gasteiger partial charge on any atom is -0.309 e. The monoisotopic (exact) mass is 1060 g/mol. The standard InChI is InChI=1S/C73H61F5N2/c1-38-21-42(5)68(43(6)22-38)50-13-17-62-58(31-50)59-32-51(69-44(7)23-39(2)24-45(69)8)14-18-63(59)79(62)66-35-55(54-29-56(74)37-57(75)30-54)36-67(72(66)73(76,77)78)80-64-19-15-52(70-46(9)25-40(3)26-47(70)10)33-60(64)61-34-53(16-20-65(61)80)71-48(11)27-41(4)28-49(71)12/h13-37H,1-12H3. The minimum absolute atomic E-state index is 0.0979. The molecule has 0 fully saturated rings. The molecular weight excluding hydrogens is 1000 g/mol. The fourth-order valence-electron chi connectivity index (χ4n) is 13.9. The van der Waals surface area contributed by atoms with Gasteiger partial charge in [-0.3, -0.25) is 0 Å². The Hall–Kier alpha value is -8.55. The number of rotatable bonds is 7. The highest BCUT2D eigenvalue weighted by atomic mass is 19.4. The SMILES string of the molecule is Cc1cc(C)c(-c2ccc3c(c2)c2cc(-c4c(C)cc(C)cc4C)ccc2n3-c2cc(-c3cc(F)cc(F)c3)cc(-n3c4ccc(-c5c(C)cc(C)cc5C)cc4c4cc(-c5c(C)cc(C)cc5C)ccc43)c2C(F)(F)F)c(C)c1. The van der Waals surface area contributed by atoms with Gasteiger partial charge in [-0.15, -0.1) is 0 Å². The molecule has 0 saturated heterocycles. The largest absolute Gasteiger partial charge is 0.420 e. The number of alkyl halides is 3. The Morgan fingerprint density at radius 1 is 0.275 bits per heavy atom. The topological polar surface area (TPSA) is 9.86 Å². The third-order valence-corrected chi connectivity index (χ3v) is 16.5. The summed E-state index contributed by atoms with van der Waals surface area (Å²) in [5.74, 6) is -1.69. The van der Waals surface area contributed by atoms with E-state index in [-0.39, 0.29) is 22.5 Å². The molecule has 12 rings (SSSR count). The number of fused-ring (bicyclic) bond motifs is 6. The molecule has 0 aliphatic rings. The quantitative estimate of drug-likeness (QED) is 0.141. The van der Waals surface area contributed by atoms with E-state index in [9.17, 15) is 0 Å². The van der Waals surface area contributed by atoms with Crippen LogP contribution < -0.4 is 0 Å². The molecule has 2 heterocycles. The average Bonchev–Trinajstić information content (AvgIpc) is 2.69. The molecule has 0 saturated carbocycles. The molecule has 0 radical (unpaired) electrons. The van der Waals surface area contributed by atoms with Crippen molar-refractivity contribution < 1.29 is 22.0 Å². The van der Waals surface area contributed by atoms with Gasteiger partial charge in [0.25, 0.3) is 0 Å². The van der Waals surface area contributed by atoms with Gasteiger partial charge in [0.15, 0.2) is 0 Å². The van der Waals surface area contributed by atoms with Crippen LogP contribution in [0.3, 0.4) is 0 Å². The molecule has 7 heteroatoms. The van der Waals surface area contributed by atoms with Crippen LogP contribution in [0.2, 0.25) is 0 Å². The lowest BCUT2D eigenvalue weighted by molar-refractivity contribution is -0.137. The van der Waals surface area contributed by atoms with E-state index in [1.54, 1.807) is 9.13 Å². The van der Waals surface area contributed by atoms with E-state index in [1.807, 2.05) is 48.5 Å². The zero-order chi connectivity index (χ0) is 56.5. The Kier molecular flexibility index (Phi) is 12.4. The van der Waals surface area contributed by atoms with Crippen molar-refractivity contribution >= 4 is 43.6 Å². The van der Waals surface area contributed by atoms with Crippen molar-refractivity contribution in [3.63, 3.8) is 0 Å². The number of hydrogen-bond donors (Lipinski definition) is 0. The lowest BCUT2D eigenvalue weighted by atomic mass is 9.91. The Labute approximate surface area is 464 Å². The van der Waals surface area contributed by atoms with Crippen LogP contribution in [0.15, 0.2) is 152 Å². The first-order valence-electron chi connectivity index (χ1n) is 27.2. The van der Waals surface area contributed by atoms with Crippen LogP contribution in [0.4, 0.5) is 22.0 Å². The summed E-state index contributed by atoms with van der Waals surface area (Å²) < 4.78 is 86.3. The van der Waals surface area contributed by atoms with E-state index in [0.29, 0.717) is 22.1 Å². The maximum Gasteiger partial charge on any atom is 0.420 e. The molecule has 12 aromatic rings. The van der Waals surface area contributed by atoms with Crippen LogP contribution in [-0.4, -0.2) is 9.13 Å². The molecule has 80 heavy (non-hydrogen) atoms. The van der Waals surface area contributed by atoms with Gasteiger partial charge < -0.3 is 9.13 Å². The van der Waals surface area contributed by atoms with Crippen molar-refractivity contribution in [2.24, 2.45) is 0 Å². The third-order valence-electron chi connectivity index (χ3n) is 16.5. The summed E-state index contributed by atoms with van der Waals surface area (Å²) in [7, 11) is 0. The van der Waals surface area contributed by atoms with Crippen LogP contribution in [0.5, 0.6) is 0 Å². The van der Waals surface area contributed by atoms with E-state index in [2.05, 4.69) is 156 Å². The normalized spacial score (nSPS) is 12.1. The molecule has 0 amide bonds. The highest BCUT2D eigenvalue weighted by Gasteiger charge is 2.40. The van der Waals surface area contributed by atoms with E-state index < -0.39 is 23.4 Å². The van der Waals surface area contributed by atoms with Crippen LogP contribution in [0.25, 0.3) is 111 Å². The van der Waals surface area contributed by atoms with Crippen molar-refractivity contribution in [3.05, 3.63) is 236 Å². The van der Waals surface area contributed by atoms with Crippen molar-refractivity contribution in [2.45, 2.75) is 89.3 Å². The smallest absolute Gasteiger partial charge is 0.309 e. The van der Waals surface area contributed by atoms with Gasteiger partial charge in [0.2, 0.25) is 0 Å². The maximum atomic E-state index is 17.2. The van der Waals surface area contributed by atoms with Gasteiger partial charge in [0.1, 0.15) is 17.2 Å². The zero-order valence-corrected chi connectivity index (χ0v) is 47.2. The van der Waals surface area contributed by atoms with Crippen LogP contribution in [-0.2, 0) is 6.18 Å². The molecule has 2 aromatic heterocycles. The molecular formula is C73H61F5N2. The summed E-state index contributed by atoms with van der Waals surface area (Å²) in [4.78, 5) is 0. The molecule has 0 spiro atoms. The highest BCUT2D eigenvalue weighted by molar-refractivity contribution is 6.14. The molecule has 2 nitrogen and oxygen atoms in total. The van der Waals surface area contributed by atoms with Gasteiger partial charge in [0, 0.05) is 27.6 Å². The van der Waals surface area contributed by atoms with Crippen LogP contribution in [0.1, 0.15) is 72.3 Å². The molecule has 0 N–H and O–H groups in total. The predicted octanol–water partition coefficient (Wildman–Crippen LogP) is 21.2. The molecule has 10 aromatic carbocycles. The van der Waals surface area contributed by atoms with Crippen molar-refractivity contribution in [3.8, 4) is 67.0 Å². The summed E-state index contributed by atoms with van der Waals surface area (Å²) in [6, 6.07) is 47.4. The molecule has 0 unspecified atom stereocenters. The first-order valence-corrected chi connectivity index (χ1v) is 27.2. The van der Waals surface area contributed by atoms with Crippen molar-refractivity contribution in [2.75, 3.05) is 0 Å². The predicted molar refractivity (Wildman–Crippen MR) is 324 cm³/mol. The van der Waals surface area contributed by atoms with E-state index in [1.165, 1.54) is 24.3 Å². The van der Waals surface area contributed by atoms with Crippen molar-refractivity contribution in [1.29, 1.82) is 0 Å². The minimum atomic E-state index is -4.97. The second kappa shape index (κ2) is 19.1. The molecule has 0 aliphatic carbocycles. The zero-order valence-electron chi connectivity index (χ0n) is 47.2. The second-order valence-corrected chi connectivity index (χ2v) is 22.7. The summed E-state index contributed by atoms with van der Waals surface area (Å²) >= 11 is 0. The van der Waals surface area contributed by atoms with Gasteiger partial charge in [-0.05, 0) is 256 Å². The number of halogens is 5. The number of nitrogens with zero attached hydrogens (tertiary/aromatic N) is 2. The first-order chi connectivity index (χ1) is 38.0. The Morgan fingerprint density at radius 3 is 0.750 bits per heavy atom. The number of hydrogen-bond acceptors (Lipinski definition) is 0. The van der Waals surface area contributed by atoms with Crippen molar-refractivity contribution in [1.82, 2.24) is 9.13 Å². The fourth-order valence-corrected chi connectivity index (χ4v) is 13.9. The summed E-state index contributed by atoms with van der Waals surface area (Å²) in [6.07, 6.45) is -4.97. The van der Waals surface area contributed by atoms with E-state index in [4.69, 9.17) is 0 Å². The number of aryl methyl sites for hydroxylation is 12. The van der Waals surface area contributed by atoms with Gasteiger partial charge in [-0.25, -0.2) is 8.78 Å². The van der Waals surface area contributed by atoms with Gasteiger partial charge in [-0.1, -0.05) is 95.1 Å². The lowest BCUT2D eigenvalue weighted by Gasteiger charge is -2.23. The third kappa shape index (κ3) is 8.70. The molecule has 0 atom stereocenters. The highest BCUT2D eigenvalue weighted by Crippen LogP contribution is 2.49. The lowest BCUT2D eigenvalue weighted by Crippen LogP contribution is -2.16. The molecule has 0 aliphatic heterocycles. The molecule has 398 valence electrons. The maximum absolute atomic E-state index is 17.2. The second-order valence-electron chi connectivity index (χ2n) is 22.7. The summed E-state index contributed by atoms with van der Waals surface area (Å²) in [6.45, 7) is 25.0.